The van der Waals surface area contributed by atoms with E-state index in [2.05, 4.69) is 0 Å². The topological polar surface area (TPSA) is 66.9 Å². The Balaban J connectivity index is 1.60. The van der Waals surface area contributed by atoms with Crippen LogP contribution in [0.1, 0.15) is 11.1 Å². The first-order valence-corrected chi connectivity index (χ1v) is 10.3. The zero-order chi connectivity index (χ0) is 19.4. The van der Waals surface area contributed by atoms with Crippen LogP contribution in [0.25, 0.3) is 0 Å². The second kappa shape index (κ2) is 8.10. The minimum absolute atomic E-state index is 0.00719. The molecule has 1 amide bonds. The van der Waals surface area contributed by atoms with Gasteiger partial charge in [-0.05, 0) is 42.3 Å². The maximum atomic E-state index is 12.8. The van der Waals surface area contributed by atoms with Crippen molar-refractivity contribution in [3.8, 4) is 5.75 Å². The largest absolute Gasteiger partial charge is 0.497 e. The van der Waals surface area contributed by atoms with Crippen LogP contribution in [0.3, 0.4) is 0 Å². The Hall–Kier alpha value is -2.38. The van der Waals surface area contributed by atoms with Crippen molar-refractivity contribution >= 4 is 15.9 Å². The zero-order valence-corrected chi connectivity index (χ0v) is 16.4. The molecule has 2 aromatic rings. The summed E-state index contributed by atoms with van der Waals surface area (Å²) in [6, 6.07) is 14.3. The van der Waals surface area contributed by atoms with Crippen LogP contribution in [-0.2, 0) is 21.2 Å². The normalized spacial score (nSPS) is 15.6. The van der Waals surface area contributed by atoms with Crippen LogP contribution in [-0.4, -0.2) is 56.8 Å². The first-order chi connectivity index (χ1) is 12.9. The highest BCUT2D eigenvalue weighted by molar-refractivity contribution is 7.89. The molecular weight excluding hydrogens is 364 g/mol. The van der Waals surface area contributed by atoms with Crippen molar-refractivity contribution in [3.05, 3.63) is 59.7 Å². The third-order valence-electron chi connectivity index (χ3n) is 4.73. The Morgan fingerprint density at radius 3 is 2.30 bits per heavy atom. The van der Waals surface area contributed by atoms with Gasteiger partial charge in [-0.15, -0.1) is 0 Å². The highest BCUT2D eigenvalue weighted by atomic mass is 32.2. The third-order valence-corrected chi connectivity index (χ3v) is 6.63. The molecule has 27 heavy (non-hydrogen) atoms. The van der Waals surface area contributed by atoms with Crippen LogP contribution < -0.4 is 4.74 Å². The lowest BCUT2D eigenvalue weighted by molar-refractivity contribution is -0.131. The number of benzene rings is 2. The molecule has 6 nitrogen and oxygen atoms in total. The third kappa shape index (κ3) is 4.48. The first-order valence-electron chi connectivity index (χ1n) is 8.87. The Morgan fingerprint density at radius 2 is 1.70 bits per heavy atom. The van der Waals surface area contributed by atoms with E-state index in [1.54, 1.807) is 30.2 Å². The van der Waals surface area contributed by atoms with Gasteiger partial charge in [-0.1, -0.05) is 24.3 Å². The fourth-order valence-corrected chi connectivity index (χ4v) is 4.66. The first kappa shape index (κ1) is 19.4. The summed E-state index contributed by atoms with van der Waals surface area (Å²) in [6.07, 6.45) is 0.300. The number of ether oxygens (including phenoxy) is 1. The molecule has 1 fully saturated rings. The van der Waals surface area contributed by atoms with Gasteiger partial charge in [0.25, 0.3) is 0 Å². The molecule has 0 aromatic heterocycles. The number of hydrogen-bond acceptors (Lipinski definition) is 4. The molecule has 1 aliphatic rings. The summed E-state index contributed by atoms with van der Waals surface area (Å²) in [5.74, 6) is 0.758. The van der Waals surface area contributed by atoms with Crippen LogP contribution in [0.5, 0.6) is 5.75 Å². The molecule has 1 heterocycles. The van der Waals surface area contributed by atoms with Gasteiger partial charge in [0.05, 0.1) is 18.4 Å². The molecular formula is C20H24N2O4S. The molecule has 3 rings (SSSR count). The monoisotopic (exact) mass is 388 g/mol. The van der Waals surface area contributed by atoms with E-state index in [0.717, 1.165) is 16.9 Å². The van der Waals surface area contributed by atoms with Gasteiger partial charge in [-0.25, -0.2) is 8.42 Å². The number of methoxy groups -OCH3 is 1. The van der Waals surface area contributed by atoms with E-state index < -0.39 is 10.0 Å². The van der Waals surface area contributed by atoms with Gasteiger partial charge in [0.2, 0.25) is 15.9 Å². The van der Waals surface area contributed by atoms with E-state index in [9.17, 15) is 13.2 Å². The summed E-state index contributed by atoms with van der Waals surface area (Å²) < 4.78 is 32.1. The second-order valence-corrected chi connectivity index (χ2v) is 8.56. The maximum absolute atomic E-state index is 12.8. The number of aryl methyl sites for hydroxylation is 1. The van der Waals surface area contributed by atoms with E-state index in [0.29, 0.717) is 37.5 Å². The molecule has 0 spiro atoms. The molecule has 0 unspecified atom stereocenters. The SMILES string of the molecule is COc1ccc(CC(=O)N2CCN(S(=O)(=O)c3cccc(C)c3)CC2)cc1. The van der Waals surface area contributed by atoms with Crippen LogP contribution in [0, 0.1) is 6.92 Å². The molecule has 0 saturated carbocycles. The second-order valence-electron chi connectivity index (χ2n) is 6.63. The van der Waals surface area contributed by atoms with Gasteiger partial charge in [0.15, 0.2) is 0 Å². The van der Waals surface area contributed by atoms with Gasteiger partial charge in [0.1, 0.15) is 5.75 Å². The Labute approximate surface area is 160 Å². The van der Waals surface area contributed by atoms with Crippen molar-refractivity contribution in [2.24, 2.45) is 0 Å². The van der Waals surface area contributed by atoms with Gasteiger partial charge >= 0.3 is 0 Å². The minimum Gasteiger partial charge on any atom is -0.497 e. The molecule has 1 saturated heterocycles. The standard InChI is InChI=1S/C20H24N2O4S/c1-16-4-3-5-19(14-16)27(24,25)22-12-10-21(11-13-22)20(23)15-17-6-8-18(26-2)9-7-17/h3-9,14H,10-13,15H2,1-2H3. The molecule has 1 aliphatic heterocycles. The van der Waals surface area contributed by atoms with E-state index >= 15 is 0 Å². The molecule has 0 radical (unpaired) electrons. The van der Waals surface area contributed by atoms with Gasteiger partial charge in [-0.2, -0.15) is 4.31 Å². The number of amides is 1. The summed E-state index contributed by atoms with van der Waals surface area (Å²) in [5.41, 5.74) is 1.82. The van der Waals surface area contributed by atoms with E-state index in [1.807, 2.05) is 37.3 Å². The Morgan fingerprint density at radius 1 is 1.04 bits per heavy atom. The summed E-state index contributed by atoms with van der Waals surface area (Å²) in [7, 11) is -1.92. The molecule has 144 valence electrons. The molecule has 0 atom stereocenters. The highest BCUT2D eigenvalue weighted by Gasteiger charge is 2.30. The van der Waals surface area contributed by atoms with Crippen molar-refractivity contribution in [2.75, 3.05) is 33.3 Å². The summed E-state index contributed by atoms with van der Waals surface area (Å²) in [4.78, 5) is 14.6. The number of hydrogen-bond donors (Lipinski definition) is 0. The van der Waals surface area contributed by atoms with Crippen LogP contribution in [0.15, 0.2) is 53.4 Å². The smallest absolute Gasteiger partial charge is 0.243 e. The summed E-state index contributed by atoms with van der Waals surface area (Å²) >= 11 is 0. The lowest BCUT2D eigenvalue weighted by Gasteiger charge is -2.34. The molecule has 7 heteroatoms. The number of sulfonamides is 1. The van der Waals surface area contributed by atoms with Crippen molar-refractivity contribution in [3.63, 3.8) is 0 Å². The predicted molar refractivity (Wildman–Crippen MR) is 103 cm³/mol. The fraction of sp³-hybridized carbons (Fsp3) is 0.350. The van der Waals surface area contributed by atoms with Gasteiger partial charge in [-0.3, -0.25) is 4.79 Å². The van der Waals surface area contributed by atoms with Crippen LogP contribution >= 0.6 is 0 Å². The number of rotatable bonds is 5. The molecule has 0 aliphatic carbocycles. The number of carbonyl (C=O) groups excluding carboxylic acids is 1. The quantitative estimate of drug-likeness (QED) is 0.787. The highest BCUT2D eigenvalue weighted by Crippen LogP contribution is 2.19. The number of piperazine rings is 1. The zero-order valence-electron chi connectivity index (χ0n) is 15.6. The maximum Gasteiger partial charge on any atom is 0.243 e. The van der Waals surface area contributed by atoms with Crippen molar-refractivity contribution in [1.82, 2.24) is 9.21 Å². The lowest BCUT2D eigenvalue weighted by atomic mass is 10.1. The van der Waals surface area contributed by atoms with Crippen molar-refractivity contribution < 1.29 is 17.9 Å². The van der Waals surface area contributed by atoms with Crippen molar-refractivity contribution in [1.29, 1.82) is 0 Å². The lowest BCUT2D eigenvalue weighted by Crippen LogP contribution is -2.50. The van der Waals surface area contributed by atoms with E-state index in [1.165, 1.54) is 4.31 Å². The number of nitrogens with zero attached hydrogens (tertiary/aromatic N) is 2. The fourth-order valence-electron chi connectivity index (χ4n) is 3.13. The molecule has 0 N–H and O–H groups in total. The summed E-state index contributed by atoms with van der Waals surface area (Å²) in [6.45, 7) is 3.30. The van der Waals surface area contributed by atoms with Crippen LogP contribution in [0.4, 0.5) is 0 Å². The van der Waals surface area contributed by atoms with Crippen LogP contribution in [0.2, 0.25) is 0 Å². The average Bonchev–Trinajstić information content (AvgIpc) is 2.68. The van der Waals surface area contributed by atoms with E-state index in [4.69, 9.17) is 4.74 Å². The van der Waals surface area contributed by atoms with Gasteiger partial charge in [0, 0.05) is 26.2 Å². The summed E-state index contributed by atoms with van der Waals surface area (Å²) in [5, 5.41) is 0. The minimum atomic E-state index is -3.52. The Bertz CT molecular complexity index is 902. The predicted octanol–water partition coefficient (Wildman–Crippen LogP) is 2.08. The van der Waals surface area contributed by atoms with Crippen molar-refractivity contribution in [2.45, 2.75) is 18.2 Å². The average molecular weight is 388 g/mol. The number of carbonyl (C=O) groups is 1. The van der Waals surface area contributed by atoms with E-state index in [-0.39, 0.29) is 5.91 Å². The molecule has 2 aromatic carbocycles. The Kier molecular flexibility index (Phi) is 5.82. The molecule has 0 bridgehead atoms. The van der Waals surface area contributed by atoms with Gasteiger partial charge < -0.3 is 9.64 Å².